The highest BCUT2D eigenvalue weighted by Crippen LogP contribution is 2.40. The Kier molecular flexibility index (Phi) is 6.02. The smallest absolute Gasteiger partial charge is 0.233 e. The molecule has 2 saturated heterocycles. The molecule has 148 valence electrons. The first-order valence-electron chi connectivity index (χ1n) is 9.99. The van der Waals surface area contributed by atoms with E-state index in [4.69, 9.17) is 4.74 Å². The lowest BCUT2D eigenvalue weighted by Crippen LogP contribution is -2.50. The molecule has 0 N–H and O–H groups in total. The molecule has 2 aromatic carbocycles. The van der Waals surface area contributed by atoms with Crippen LogP contribution in [0.2, 0.25) is 0 Å². The van der Waals surface area contributed by atoms with Crippen molar-refractivity contribution < 1.29 is 13.9 Å². The van der Waals surface area contributed by atoms with E-state index in [2.05, 4.69) is 12.1 Å². The van der Waals surface area contributed by atoms with Crippen LogP contribution in [0.3, 0.4) is 0 Å². The fourth-order valence-electron chi connectivity index (χ4n) is 4.36. The van der Waals surface area contributed by atoms with E-state index in [0.29, 0.717) is 26.3 Å². The van der Waals surface area contributed by atoms with Gasteiger partial charge in [-0.2, -0.15) is 11.8 Å². The third kappa shape index (κ3) is 3.83. The number of ether oxygens (including phenoxy) is 1. The summed E-state index contributed by atoms with van der Waals surface area (Å²) in [5.41, 5.74) is 1.35. The van der Waals surface area contributed by atoms with Gasteiger partial charge in [0.15, 0.2) is 0 Å². The van der Waals surface area contributed by atoms with Crippen LogP contribution < -0.4 is 0 Å². The first-order chi connectivity index (χ1) is 13.7. The van der Waals surface area contributed by atoms with Gasteiger partial charge in [-0.05, 0) is 30.9 Å². The van der Waals surface area contributed by atoms with E-state index < -0.39 is 5.41 Å². The third-order valence-electron chi connectivity index (χ3n) is 5.96. The molecule has 4 rings (SSSR count). The van der Waals surface area contributed by atoms with E-state index in [9.17, 15) is 9.18 Å². The quantitative estimate of drug-likeness (QED) is 0.757. The SMILES string of the molecule is O=C(N1CCS[C@@H](c2ccccc2F)CC1)C1(c2ccccc2)CCOCC1. The summed E-state index contributed by atoms with van der Waals surface area (Å²) in [4.78, 5) is 15.7. The van der Waals surface area contributed by atoms with Gasteiger partial charge in [0.1, 0.15) is 5.82 Å². The first kappa shape index (κ1) is 19.5. The van der Waals surface area contributed by atoms with Gasteiger partial charge in [0.2, 0.25) is 5.91 Å². The van der Waals surface area contributed by atoms with Crippen molar-refractivity contribution in [1.82, 2.24) is 4.90 Å². The molecule has 2 aliphatic heterocycles. The highest BCUT2D eigenvalue weighted by Gasteiger charge is 2.44. The lowest BCUT2D eigenvalue weighted by Gasteiger charge is -2.40. The van der Waals surface area contributed by atoms with Gasteiger partial charge in [-0.1, -0.05) is 48.5 Å². The van der Waals surface area contributed by atoms with Gasteiger partial charge in [0.05, 0.1) is 5.41 Å². The monoisotopic (exact) mass is 399 g/mol. The highest BCUT2D eigenvalue weighted by molar-refractivity contribution is 7.99. The second-order valence-corrected chi connectivity index (χ2v) is 8.83. The van der Waals surface area contributed by atoms with E-state index in [1.165, 1.54) is 6.07 Å². The maximum absolute atomic E-state index is 14.2. The first-order valence-corrected chi connectivity index (χ1v) is 11.0. The number of carbonyl (C=O) groups is 1. The maximum Gasteiger partial charge on any atom is 0.233 e. The Morgan fingerprint density at radius 2 is 1.75 bits per heavy atom. The van der Waals surface area contributed by atoms with Crippen LogP contribution in [0.1, 0.15) is 35.6 Å². The molecule has 0 aromatic heterocycles. The predicted molar refractivity (Wildman–Crippen MR) is 111 cm³/mol. The van der Waals surface area contributed by atoms with Gasteiger partial charge in [-0.3, -0.25) is 4.79 Å². The minimum absolute atomic E-state index is 0.0985. The van der Waals surface area contributed by atoms with Gasteiger partial charge < -0.3 is 9.64 Å². The highest BCUT2D eigenvalue weighted by atomic mass is 32.2. The molecular weight excluding hydrogens is 373 g/mol. The number of carbonyl (C=O) groups excluding carboxylic acids is 1. The summed E-state index contributed by atoms with van der Waals surface area (Å²) in [6.07, 6.45) is 2.21. The minimum atomic E-state index is -0.498. The van der Waals surface area contributed by atoms with Crippen molar-refractivity contribution in [3.63, 3.8) is 0 Å². The Bertz CT molecular complexity index is 807. The fraction of sp³-hybridized carbons (Fsp3) is 0.435. The van der Waals surface area contributed by atoms with Gasteiger partial charge in [-0.25, -0.2) is 4.39 Å². The molecule has 1 amide bonds. The molecule has 2 aliphatic rings. The van der Waals surface area contributed by atoms with Crippen molar-refractivity contribution in [3.05, 3.63) is 71.5 Å². The van der Waals surface area contributed by atoms with Gasteiger partial charge in [0, 0.05) is 42.9 Å². The zero-order valence-corrected chi connectivity index (χ0v) is 16.8. The van der Waals surface area contributed by atoms with Crippen LogP contribution in [0.15, 0.2) is 54.6 Å². The Labute approximate surface area is 170 Å². The average Bonchev–Trinajstić information content (AvgIpc) is 3.01. The summed E-state index contributed by atoms with van der Waals surface area (Å²) in [5.74, 6) is 0.883. The molecule has 0 bridgehead atoms. The number of nitrogens with zero attached hydrogens (tertiary/aromatic N) is 1. The van der Waals surface area contributed by atoms with Crippen LogP contribution >= 0.6 is 11.8 Å². The molecule has 0 radical (unpaired) electrons. The van der Waals surface area contributed by atoms with Crippen LogP contribution in [0, 0.1) is 5.82 Å². The zero-order valence-electron chi connectivity index (χ0n) is 16.0. The Morgan fingerprint density at radius 1 is 1.04 bits per heavy atom. The van der Waals surface area contributed by atoms with E-state index >= 15 is 0 Å². The number of thioether (sulfide) groups is 1. The lowest BCUT2D eigenvalue weighted by atomic mass is 9.73. The van der Waals surface area contributed by atoms with Gasteiger partial charge in [0.25, 0.3) is 0 Å². The van der Waals surface area contributed by atoms with Crippen molar-refractivity contribution in [2.45, 2.75) is 29.9 Å². The summed E-state index contributed by atoms with van der Waals surface area (Å²) in [5, 5.41) is 0.0985. The molecule has 28 heavy (non-hydrogen) atoms. The molecule has 1 atom stereocenters. The normalized spacial score (nSPS) is 22.5. The summed E-state index contributed by atoms with van der Waals surface area (Å²) >= 11 is 1.76. The standard InChI is InChI=1S/C23H26FNO2S/c24-20-9-5-4-8-19(20)21-10-13-25(14-17-28-21)22(26)23(11-15-27-16-12-23)18-6-2-1-3-7-18/h1-9,21H,10-17H2/t21-/m1/s1. The summed E-state index contributed by atoms with van der Waals surface area (Å²) < 4.78 is 19.8. The van der Waals surface area contributed by atoms with Crippen molar-refractivity contribution in [3.8, 4) is 0 Å². The third-order valence-corrected chi connectivity index (χ3v) is 7.27. The van der Waals surface area contributed by atoms with E-state index in [1.54, 1.807) is 17.8 Å². The molecule has 5 heteroatoms. The number of rotatable bonds is 3. The summed E-state index contributed by atoms with van der Waals surface area (Å²) in [6, 6.07) is 17.1. The molecule has 2 aromatic rings. The molecule has 0 saturated carbocycles. The lowest BCUT2D eigenvalue weighted by molar-refractivity contribution is -0.141. The number of benzene rings is 2. The minimum Gasteiger partial charge on any atom is -0.381 e. The Morgan fingerprint density at radius 3 is 2.50 bits per heavy atom. The average molecular weight is 400 g/mol. The van der Waals surface area contributed by atoms with E-state index in [1.807, 2.05) is 35.2 Å². The second-order valence-electron chi connectivity index (χ2n) is 7.52. The molecular formula is C23H26FNO2S. The maximum atomic E-state index is 14.2. The Hall–Kier alpha value is -1.85. The second kappa shape index (κ2) is 8.66. The van der Waals surface area contributed by atoms with Crippen molar-refractivity contribution in [1.29, 1.82) is 0 Å². The molecule has 2 heterocycles. The Balaban J connectivity index is 1.54. The number of hydrogen-bond donors (Lipinski definition) is 0. The van der Waals surface area contributed by atoms with Crippen molar-refractivity contribution in [2.24, 2.45) is 0 Å². The molecule has 3 nitrogen and oxygen atoms in total. The molecule has 0 unspecified atom stereocenters. The molecule has 0 spiro atoms. The molecule has 0 aliphatic carbocycles. The zero-order chi connectivity index (χ0) is 19.4. The van der Waals surface area contributed by atoms with Gasteiger partial charge in [-0.15, -0.1) is 0 Å². The largest absolute Gasteiger partial charge is 0.381 e. The van der Waals surface area contributed by atoms with Crippen molar-refractivity contribution in [2.75, 3.05) is 32.1 Å². The van der Waals surface area contributed by atoms with Crippen LogP contribution in [0.4, 0.5) is 4.39 Å². The predicted octanol–water partition coefficient (Wildman–Crippen LogP) is 4.58. The van der Waals surface area contributed by atoms with Crippen molar-refractivity contribution >= 4 is 17.7 Å². The fourth-order valence-corrected chi connectivity index (χ4v) is 5.62. The van der Waals surface area contributed by atoms with Gasteiger partial charge >= 0.3 is 0 Å². The van der Waals surface area contributed by atoms with Crippen LogP contribution in [0.25, 0.3) is 0 Å². The number of amides is 1. The number of hydrogen-bond acceptors (Lipinski definition) is 3. The topological polar surface area (TPSA) is 29.5 Å². The van der Waals surface area contributed by atoms with Crippen LogP contribution in [-0.4, -0.2) is 42.9 Å². The summed E-state index contributed by atoms with van der Waals surface area (Å²) in [6.45, 7) is 2.60. The van der Waals surface area contributed by atoms with Crippen LogP contribution in [-0.2, 0) is 14.9 Å². The van der Waals surface area contributed by atoms with Crippen LogP contribution in [0.5, 0.6) is 0 Å². The van der Waals surface area contributed by atoms with E-state index in [-0.39, 0.29) is 17.0 Å². The van der Waals surface area contributed by atoms with E-state index in [0.717, 1.165) is 36.1 Å². The molecule has 2 fully saturated rings. The number of halogens is 1. The summed E-state index contributed by atoms with van der Waals surface area (Å²) in [7, 11) is 0.